The van der Waals surface area contributed by atoms with E-state index in [2.05, 4.69) is 26.2 Å². The molecule has 0 amide bonds. The van der Waals surface area contributed by atoms with Gasteiger partial charge in [-0.3, -0.25) is 0 Å². The second kappa shape index (κ2) is 5.29. The van der Waals surface area contributed by atoms with Crippen LogP contribution in [0.15, 0.2) is 28.9 Å². The number of hydrogen-bond acceptors (Lipinski definition) is 3. The molecule has 0 spiro atoms. The van der Waals surface area contributed by atoms with Gasteiger partial charge in [0.25, 0.3) is 0 Å². The summed E-state index contributed by atoms with van der Waals surface area (Å²) in [7, 11) is 0. The first kappa shape index (κ1) is 12.6. The van der Waals surface area contributed by atoms with Gasteiger partial charge in [0.15, 0.2) is 0 Å². The number of hydrogen-bond donors (Lipinski definition) is 1. The Hall–Kier alpha value is -0.420. The summed E-state index contributed by atoms with van der Waals surface area (Å²) in [4.78, 5) is 5.73. The zero-order valence-corrected chi connectivity index (χ0v) is 12.8. The fourth-order valence-corrected chi connectivity index (χ4v) is 2.97. The van der Waals surface area contributed by atoms with Gasteiger partial charge in [-0.15, -0.1) is 11.3 Å². The summed E-state index contributed by atoms with van der Waals surface area (Å²) in [6, 6.07) is 6.68. The predicted octanol–water partition coefficient (Wildman–Crippen LogP) is 4.48. The van der Waals surface area contributed by atoms with Crippen LogP contribution in [0.2, 0.25) is 5.02 Å². The van der Waals surface area contributed by atoms with Crippen molar-refractivity contribution in [2.24, 2.45) is 0 Å². The molecule has 1 aromatic heterocycles. The number of aromatic nitrogens is 1. The van der Waals surface area contributed by atoms with E-state index < -0.39 is 0 Å². The molecule has 1 N–H and O–H groups in total. The second-order valence-electron chi connectivity index (χ2n) is 4.42. The van der Waals surface area contributed by atoms with E-state index in [1.54, 1.807) is 11.3 Å². The topological polar surface area (TPSA) is 24.9 Å². The molecule has 1 aliphatic rings. The van der Waals surface area contributed by atoms with E-state index in [0.717, 1.165) is 32.7 Å². The van der Waals surface area contributed by atoms with Gasteiger partial charge in [-0.05, 0) is 40.9 Å². The number of thiazole rings is 1. The predicted molar refractivity (Wildman–Crippen MR) is 80.1 cm³/mol. The van der Waals surface area contributed by atoms with Crippen molar-refractivity contribution in [1.29, 1.82) is 0 Å². The molecule has 1 fully saturated rings. The van der Waals surface area contributed by atoms with E-state index in [4.69, 9.17) is 11.6 Å². The van der Waals surface area contributed by atoms with Crippen molar-refractivity contribution in [3.8, 4) is 10.6 Å². The fraction of sp³-hybridized carbons (Fsp3) is 0.308. The van der Waals surface area contributed by atoms with Crippen LogP contribution in [-0.4, -0.2) is 11.0 Å². The lowest BCUT2D eigenvalue weighted by Crippen LogP contribution is -2.14. The third-order valence-electron chi connectivity index (χ3n) is 2.86. The number of benzene rings is 1. The Labute approximate surface area is 124 Å². The monoisotopic (exact) mass is 342 g/mol. The largest absolute Gasteiger partial charge is 0.309 e. The molecule has 2 aromatic rings. The van der Waals surface area contributed by atoms with E-state index in [-0.39, 0.29) is 0 Å². The quantitative estimate of drug-likeness (QED) is 0.885. The van der Waals surface area contributed by atoms with E-state index in [0.29, 0.717) is 0 Å². The van der Waals surface area contributed by atoms with Crippen molar-refractivity contribution in [3.63, 3.8) is 0 Å². The molecule has 94 valence electrons. The summed E-state index contributed by atoms with van der Waals surface area (Å²) in [5.74, 6) is 0. The average Bonchev–Trinajstić information content (AvgIpc) is 3.08. The maximum Gasteiger partial charge on any atom is 0.123 e. The molecular formula is C13H12BrClN2S. The van der Waals surface area contributed by atoms with E-state index >= 15 is 0 Å². The van der Waals surface area contributed by atoms with Gasteiger partial charge in [-0.2, -0.15) is 0 Å². The lowest BCUT2D eigenvalue weighted by atomic mass is 10.2. The Bertz CT molecular complexity index is 566. The van der Waals surface area contributed by atoms with E-state index in [1.807, 2.05) is 24.4 Å². The van der Waals surface area contributed by atoms with Crippen LogP contribution in [0.4, 0.5) is 0 Å². The van der Waals surface area contributed by atoms with Crippen molar-refractivity contribution in [2.75, 3.05) is 0 Å². The van der Waals surface area contributed by atoms with Crippen LogP contribution in [0.1, 0.15) is 17.7 Å². The molecular weight excluding hydrogens is 332 g/mol. The van der Waals surface area contributed by atoms with E-state index in [9.17, 15) is 0 Å². The first-order chi connectivity index (χ1) is 8.72. The third-order valence-corrected chi connectivity index (χ3v) is 5.14. The smallest absolute Gasteiger partial charge is 0.123 e. The van der Waals surface area contributed by atoms with E-state index in [1.165, 1.54) is 17.7 Å². The van der Waals surface area contributed by atoms with Crippen molar-refractivity contribution >= 4 is 38.9 Å². The SMILES string of the molecule is Clc1cc(-c2ncc(CNC3CC3)s2)ccc1Br. The summed E-state index contributed by atoms with van der Waals surface area (Å²) in [6.07, 6.45) is 4.58. The Balaban J connectivity index is 1.76. The molecule has 2 nitrogen and oxygen atoms in total. The maximum atomic E-state index is 6.10. The minimum Gasteiger partial charge on any atom is -0.309 e. The van der Waals surface area contributed by atoms with Gasteiger partial charge in [0.1, 0.15) is 5.01 Å². The summed E-state index contributed by atoms with van der Waals surface area (Å²) < 4.78 is 0.917. The Morgan fingerprint density at radius 1 is 1.44 bits per heavy atom. The second-order valence-corrected chi connectivity index (χ2v) is 6.79. The molecule has 5 heteroatoms. The molecule has 1 saturated carbocycles. The molecule has 0 aliphatic heterocycles. The van der Waals surface area contributed by atoms with Crippen molar-refractivity contribution in [1.82, 2.24) is 10.3 Å². The lowest BCUT2D eigenvalue weighted by Gasteiger charge is -1.99. The number of rotatable bonds is 4. The standard InChI is InChI=1S/C13H12BrClN2S/c14-11-4-1-8(5-12(11)15)13-17-7-10(18-13)6-16-9-2-3-9/h1,4-5,7,9,16H,2-3,6H2. The number of nitrogens with one attached hydrogen (secondary N) is 1. The van der Waals surface area contributed by atoms with Crippen molar-refractivity contribution < 1.29 is 0 Å². The Kier molecular flexibility index (Phi) is 3.71. The van der Waals surface area contributed by atoms with Crippen LogP contribution in [0.5, 0.6) is 0 Å². The van der Waals surface area contributed by atoms with Gasteiger partial charge >= 0.3 is 0 Å². The third kappa shape index (κ3) is 2.94. The molecule has 0 radical (unpaired) electrons. The Morgan fingerprint density at radius 2 is 2.28 bits per heavy atom. The summed E-state index contributed by atoms with van der Waals surface area (Å²) in [5, 5.41) is 5.24. The molecule has 3 rings (SSSR count). The van der Waals surface area contributed by atoms with Gasteiger partial charge in [-0.1, -0.05) is 17.7 Å². The van der Waals surface area contributed by atoms with Crippen LogP contribution < -0.4 is 5.32 Å². The van der Waals surface area contributed by atoms with Gasteiger partial charge in [-0.25, -0.2) is 4.98 Å². The average molecular weight is 344 g/mol. The molecule has 1 heterocycles. The highest BCUT2D eigenvalue weighted by Crippen LogP contribution is 2.31. The summed E-state index contributed by atoms with van der Waals surface area (Å²) in [6.45, 7) is 0.923. The fourth-order valence-electron chi connectivity index (χ4n) is 1.68. The first-order valence-electron chi connectivity index (χ1n) is 5.86. The minimum atomic E-state index is 0.723. The molecule has 1 aromatic carbocycles. The van der Waals surface area contributed by atoms with Crippen LogP contribution in [-0.2, 0) is 6.54 Å². The zero-order valence-electron chi connectivity index (χ0n) is 9.62. The van der Waals surface area contributed by atoms with Gasteiger partial charge < -0.3 is 5.32 Å². The zero-order chi connectivity index (χ0) is 12.5. The number of halogens is 2. The molecule has 0 saturated heterocycles. The molecule has 1 aliphatic carbocycles. The molecule has 0 bridgehead atoms. The molecule has 0 unspecified atom stereocenters. The highest BCUT2D eigenvalue weighted by atomic mass is 79.9. The van der Waals surface area contributed by atoms with Gasteiger partial charge in [0, 0.05) is 33.7 Å². The van der Waals surface area contributed by atoms with Crippen LogP contribution in [0.3, 0.4) is 0 Å². The molecule has 0 atom stereocenters. The maximum absolute atomic E-state index is 6.10. The molecule has 18 heavy (non-hydrogen) atoms. The first-order valence-corrected chi connectivity index (χ1v) is 7.84. The van der Waals surface area contributed by atoms with Crippen molar-refractivity contribution in [3.05, 3.63) is 38.8 Å². The number of nitrogens with zero attached hydrogens (tertiary/aromatic N) is 1. The van der Waals surface area contributed by atoms with Gasteiger partial charge in [0.2, 0.25) is 0 Å². The minimum absolute atomic E-state index is 0.723. The Morgan fingerprint density at radius 3 is 3.00 bits per heavy atom. The van der Waals surface area contributed by atoms with Gasteiger partial charge in [0.05, 0.1) is 5.02 Å². The highest BCUT2D eigenvalue weighted by Gasteiger charge is 2.20. The summed E-state index contributed by atoms with van der Waals surface area (Å²) in [5.41, 5.74) is 1.07. The highest BCUT2D eigenvalue weighted by molar-refractivity contribution is 9.10. The van der Waals surface area contributed by atoms with Crippen molar-refractivity contribution in [2.45, 2.75) is 25.4 Å². The van der Waals surface area contributed by atoms with Crippen LogP contribution in [0.25, 0.3) is 10.6 Å². The lowest BCUT2D eigenvalue weighted by molar-refractivity contribution is 0.694. The normalized spacial score (nSPS) is 15.0. The van der Waals surface area contributed by atoms with Crippen LogP contribution >= 0.6 is 38.9 Å². The van der Waals surface area contributed by atoms with Crippen LogP contribution in [0, 0.1) is 0 Å². The summed E-state index contributed by atoms with van der Waals surface area (Å²) >= 11 is 11.2.